The number of rotatable bonds is 1. The van der Waals surface area contributed by atoms with Gasteiger partial charge in [0, 0.05) is 12.0 Å². The van der Waals surface area contributed by atoms with Crippen molar-refractivity contribution in [3.63, 3.8) is 0 Å². The second kappa shape index (κ2) is 4.34. The monoisotopic (exact) mass is 231 g/mol. The summed E-state index contributed by atoms with van der Waals surface area (Å²) in [7, 11) is 0. The summed E-state index contributed by atoms with van der Waals surface area (Å²) in [5, 5.41) is 3.72. The first kappa shape index (κ1) is 11.1. The van der Waals surface area contributed by atoms with Crippen molar-refractivity contribution < 1.29 is 4.74 Å². The van der Waals surface area contributed by atoms with Crippen molar-refractivity contribution in [3.8, 4) is 5.75 Å². The second-order valence-electron chi connectivity index (χ2n) is 5.49. The second-order valence-corrected chi connectivity index (χ2v) is 5.49. The number of nitrogens with one attached hydrogen (secondary N) is 1. The van der Waals surface area contributed by atoms with Gasteiger partial charge in [0.05, 0.1) is 6.61 Å². The summed E-state index contributed by atoms with van der Waals surface area (Å²) >= 11 is 0. The van der Waals surface area contributed by atoms with Crippen LogP contribution in [0.1, 0.15) is 43.7 Å². The molecule has 0 aliphatic carbocycles. The van der Waals surface area contributed by atoms with Gasteiger partial charge >= 0.3 is 0 Å². The van der Waals surface area contributed by atoms with Crippen LogP contribution in [0.3, 0.4) is 0 Å². The van der Waals surface area contributed by atoms with Crippen LogP contribution in [-0.2, 0) is 12.0 Å². The van der Waals surface area contributed by atoms with Crippen LogP contribution in [0.4, 0.5) is 0 Å². The molecule has 0 spiro atoms. The molecule has 2 aliphatic rings. The van der Waals surface area contributed by atoms with Gasteiger partial charge in [-0.05, 0) is 43.5 Å². The fourth-order valence-corrected chi connectivity index (χ4v) is 3.01. The maximum absolute atomic E-state index is 5.58. The fourth-order valence-electron chi connectivity index (χ4n) is 3.01. The van der Waals surface area contributed by atoms with Crippen molar-refractivity contribution in [2.24, 2.45) is 0 Å². The lowest BCUT2D eigenvalue weighted by Gasteiger charge is -2.30. The molecule has 0 aromatic heterocycles. The van der Waals surface area contributed by atoms with E-state index in [0.717, 1.165) is 25.3 Å². The summed E-state index contributed by atoms with van der Waals surface area (Å²) < 4.78 is 5.58. The number of benzene rings is 1. The molecule has 0 amide bonds. The highest BCUT2D eigenvalue weighted by Crippen LogP contribution is 2.34. The summed E-state index contributed by atoms with van der Waals surface area (Å²) in [5.41, 5.74) is 2.98. The van der Waals surface area contributed by atoms with E-state index in [0.29, 0.717) is 0 Å². The molecule has 2 nitrogen and oxygen atoms in total. The predicted octanol–water partition coefficient (Wildman–Crippen LogP) is 3.00. The average molecular weight is 231 g/mol. The van der Waals surface area contributed by atoms with E-state index in [4.69, 9.17) is 4.74 Å². The Balaban J connectivity index is 1.91. The molecular formula is C15H21NO. The fraction of sp³-hybridized carbons (Fsp3) is 0.600. The lowest BCUT2D eigenvalue weighted by atomic mass is 9.86. The van der Waals surface area contributed by atoms with Crippen LogP contribution < -0.4 is 10.1 Å². The summed E-state index contributed by atoms with van der Waals surface area (Å²) in [6.45, 7) is 4.34. The maximum Gasteiger partial charge on any atom is 0.122 e. The van der Waals surface area contributed by atoms with Crippen molar-refractivity contribution in [2.45, 2.75) is 44.6 Å². The van der Waals surface area contributed by atoms with Gasteiger partial charge in [-0.2, -0.15) is 0 Å². The third-order valence-electron chi connectivity index (χ3n) is 4.20. The highest BCUT2D eigenvalue weighted by Gasteiger charge is 2.28. The van der Waals surface area contributed by atoms with Gasteiger partial charge in [-0.1, -0.05) is 25.0 Å². The number of hydrogen-bond acceptors (Lipinski definition) is 2. The molecule has 1 atom stereocenters. The van der Waals surface area contributed by atoms with Crippen molar-refractivity contribution in [1.82, 2.24) is 5.32 Å². The zero-order valence-electron chi connectivity index (χ0n) is 10.6. The highest BCUT2D eigenvalue weighted by atomic mass is 16.5. The Morgan fingerprint density at radius 1 is 1.24 bits per heavy atom. The SMILES string of the molecule is CC1(c2ccc3c(c2)CCO3)CCCCCN1. The van der Waals surface area contributed by atoms with Crippen LogP contribution in [-0.4, -0.2) is 13.2 Å². The quantitative estimate of drug-likeness (QED) is 0.802. The minimum absolute atomic E-state index is 0.161. The standard InChI is InChI=1S/C15H21NO/c1-15(8-3-2-4-9-16-15)13-5-6-14-12(11-13)7-10-17-14/h5-6,11,16H,2-4,7-10H2,1H3. The van der Waals surface area contributed by atoms with Crippen LogP contribution in [0.15, 0.2) is 18.2 Å². The molecule has 2 heteroatoms. The van der Waals surface area contributed by atoms with Gasteiger partial charge < -0.3 is 10.1 Å². The molecule has 1 aromatic carbocycles. The van der Waals surface area contributed by atoms with E-state index in [1.165, 1.54) is 36.8 Å². The van der Waals surface area contributed by atoms with Gasteiger partial charge in [0.15, 0.2) is 0 Å². The van der Waals surface area contributed by atoms with E-state index in [1.54, 1.807) is 0 Å². The van der Waals surface area contributed by atoms with Gasteiger partial charge in [0.25, 0.3) is 0 Å². The number of hydrogen-bond donors (Lipinski definition) is 1. The molecular weight excluding hydrogens is 210 g/mol. The van der Waals surface area contributed by atoms with Crippen molar-refractivity contribution >= 4 is 0 Å². The van der Waals surface area contributed by atoms with Gasteiger partial charge in [-0.25, -0.2) is 0 Å². The van der Waals surface area contributed by atoms with Gasteiger partial charge in [-0.3, -0.25) is 0 Å². The maximum atomic E-state index is 5.58. The Bertz CT molecular complexity index is 405. The molecule has 1 fully saturated rings. The van der Waals surface area contributed by atoms with E-state index in [9.17, 15) is 0 Å². The smallest absolute Gasteiger partial charge is 0.122 e. The topological polar surface area (TPSA) is 21.3 Å². The molecule has 92 valence electrons. The predicted molar refractivity (Wildman–Crippen MR) is 69.5 cm³/mol. The lowest BCUT2D eigenvalue weighted by molar-refractivity contribution is 0.354. The molecule has 1 saturated heterocycles. The Hall–Kier alpha value is -1.02. The van der Waals surface area contributed by atoms with Gasteiger partial charge in [0.1, 0.15) is 5.75 Å². The highest BCUT2D eigenvalue weighted by molar-refractivity contribution is 5.42. The molecule has 3 rings (SSSR count). The van der Waals surface area contributed by atoms with Crippen LogP contribution in [0.2, 0.25) is 0 Å². The molecule has 2 aliphatic heterocycles. The third kappa shape index (κ3) is 2.06. The van der Waals surface area contributed by atoms with Crippen molar-refractivity contribution in [1.29, 1.82) is 0 Å². The molecule has 1 N–H and O–H groups in total. The first-order chi connectivity index (χ1) is 8.28. The summed E-state index contributed by atoms with van der Waals surface area (Å²) in [6, 6.07) is 6.73. The molecule has 17 heavy (non-hydrogen) atoms. The van der Waals surface area contributed by atoms with Gasteiger partial charge in [-0.15, -0.1) is 0 Å². The molecule has 1 unspecified atom stereocenters. The minimum Gasteiger partial charge on any atom is -0.493 e. The molecule has 2 heterocycles. The van der Waals surface area contributed by atoms with Crippen LogP contribution in [0.25, 0.3) is 0 Å². The molecule has 0 saturated carbocycles. The van der Waals surface area contributed by atoms with Crippen LogP contribution in [0, 0.1) is 0 Å². The average Bonchev–Trinajstić information content (AvgIpc) is 2.70. The minimum atomic E-state index is 0.161. The Labute approximate surface area is 103 Å². The first-order valence-corrected chi connectivity index (χ1v) is 6.79. The van der Waals surface area contributed by atoms with Crippen LogP contribution in [0.5, 0.6) is 5.75 Å². The Kier molecular flexibility index (Phi) is 2.83. The van der Waals surface area contributed by atoms with E-state index in [1.807, 2.05) is 0 Å². The van der Waals surface area contributed by atoms with E-state index in [-0.39, 0.29) is 5.54 Å². The zero-order valence-corrected chi connectivity index (χ0v) is 10.6. The largest absolute Gasteiger partial charge is 0.493 e. The molecule has 0 bridgehead atoms. The van der Waals surface area contributed by atoms with Crippen molar-refractivity contribution in [2.75, 3.05) is 13.2 Å². The van der Waals surface area contributed by atoms with E-state index < -0.39 is 0 Å². The van der Waals surface area contributed by atoms with E-state index in [2.05, 4.69) is 30.4 Å². The number of ether oxygens (including phenoxy) is 1. The van der Waals surface area contributed by atoms with Crippen LogP contribution >= 0.6 is 0 Å². The lowest BCUT2D eigenvalue weighted by Crippen LogP contribution is -2.38. The van der Waals surface area contributed by atoms with Gasteiger partial charge in [0.2, 0.25) is 0 Å². The zero-order chi connectivity index (χ0) is 11.7. The normalized spacial score (nSPS) is 28.3. The number of fused-ring (bicyclic) bond motifs is 1. The molecule has 0 radical (unpaired) electrons. The Morgan fingerprint density at radius 3 is 3.12 bits per heavy atom. The van der Waals surface area contributed by atoms with Crippen molar-refractivity contribution in [3.05, 3.63) is 29.3 Å². The molecule has 1 aromatic rings. The summed E-state index contributed by atoms with van der Waals surface area (Å²) in [6.07, 6.45) is 6.31. The summed E-state index contributed by atoms with van der Waals surface area (Å²) in [4.78, 5) is 0. The van der Waals surface area contributed by atoms with E-state index >= 15 is 0 Å². The first-order valence-electron chi connectivity index (χ1n) is 6.79. The third-order valence-corrected chi connectivity index (χ3v) is 4.20. The summed E-state index contributed by atoms with van der Waals surface area (Å²) in [5.74, 6) is 1.09. The Morgan fingerprint density at radius 2 is 2.18 bits per heavy atom.